The second-order valence-electron chi connectivity index (χ2n) is 6.85. The van der Waals surface area contributed by atoms with Gasteiger partial charge in [-0.3, -0.25) is 9.78 Å². The Kier molecular flexibility index (Phi) is 5.01. The van der Waals surface area contributed by atoms with E-state index in [1.807, 2.05) is 20.8 Å². The van der Waals surface area contributed by atoms with Gasteiger partial charge in [-0.15, -0.1) is 0 Å². The van der Waals surface area contributed by atoms with Crippen LogP contribution in [0.4, 0.5) is 11.6 Å². The van der Waals surface area contributed by atoms with Crippen molar-refractivity contribution in [3.63, 3.8) is 0 Å². The van der Waals surface area contributed by atoms with Crippen LogP contribution in [0.25, 0.3) is 0 Å². The van der Waals surface area contributed by atoms with Gasteiger partial charge in [-0.05, 0) is 27.2 Å². The SMILES string of the molecule is Cc1nccnc1N[C@@H]1CCN(c2nc(C(=O)N(C)C)nc(C)c2C)C1. The summed E-state index contributed by atoms with van der Waals surface area (Å²) in [6.45, 7) is 7.52. The third kappa shape index (κ3) is 3.58. The number of hydrogen-bond acceptors (Lipinski definition) is 7. The number of carbonyl (C=O) groups is 1. The summed E-state index contributed by atoms with van der Waals surface area (Å²) in [4.78, 5) is 33.5. The highest BCUT2D eigenvalue weighted by Crippen LogP contribution is 2.25. The average molecular weight is 355 g/mol. The minimum atomic E-state index is -0.182. The predicted octanol–water partition coefficient (Wildman–Crippen LogP) is 1.58. The van der Waals surface area contributed by atoms with Crippen LogP contribution in [0.2, 0.25) is 0 Å². The lowest BCUT2D eigenvalue weighted by Crippen LogP contribution is -2.30. The molecule has 0 aromatic carbocycles. The zero-order valence-electron chi connectivity index (χ0n) is 15.9. The lowest BCUT2D eigenvalue weighted by molar-refractivity contribution is 0.0815. The summed E-state index contributed by atoms with van der Waals surface area (Å²) < 4.78 is 0. The molecule has 0 spiro atoms. The number of nitrogens with one attached hydrogen (secondary N) is 1. The molecule has 0 unspecified atom stereocenters. The molecule has 3 rings (SSSR count). The number of amides is 1. The van der Waals surface area contributed by atoms with Crippen LogP contribution in [0.1, 0.15) is 34.0 Å². The van der Waals surface area contributed by atoms with Gasteiger partial charge in [0.15, 0.2) is 0 Å². The van der Waals surface area contributed by atoms with E-state index in [2.05, 4.69) is 30.2 Å². The fraction of sp³-hybridized carbons (Fsp3) is 0.500. The smallest absolute Gasteiger partial charge is 0.291 e. The van der Waals surface area contributed by atoms with Crippen molar-refractivity contribution in [1.29, 1.82) is 0 Å². The number of anilines is 2. The quantitative estimate of drug-likeness (QED) is 0.891. The summed E-state index contributed by atoms with van der Waals surface area (Å²) in [7, 11) is 3.42. The molecule has 8 heteroatoms. The second kappa shape index (κ2) is 7.23. The highest BCUT2D eigenvalue weighted by atomic mass is 16.2. The molecule has 0 saturated carbocycles. The molecule has 2 aromatic heterocycles. The Morgan fingerprint density at radius 1 is 1.15 bits per heavy atom. The summed E-state index contributed by atoms with van der Waals surface area (Å²) in [5, 5.41) is 3.46. The molecule has 8 nitrogen and oxygen atoms in total. The second-order valence-corrected chi connectivity index (χ2v) is 6.85. The first kappa shape index (κ1) is 18.0. The largest absolute Gasteiger partial charge is 0.364 e. The molecule has 0 radical (unpaired) electrons. The highest BCUT2D eigenvalue weighted by molar-refractivity contribution is 5.90. The molecule has 1 fully saturated rings. The van der Waals surface area contributed by atoms with E-state index in [0.29, 0.717) is 0 Å². The van der Waals surface area contributed by atoms with Crippen LogP contribution in [0.5, 0.6) is 0 Å². The molecule has 1 atom stereocenters. The number of carbonyl (C=O) groups excluding carboxylic acids is 1. The molecule has 1 amide bonds. The standard InChI is InChI=1S/C18H25N7O/c1-11-12(2)21-16(18(26)24(4)5)23-17(11)25-9-6-14(10-25)22-15-13(3)19-7-8-20-15/h7-8,14H,6,9-10H2,1-5H3,(H,20,22)/t14-/m1/s1. The lowest BCUT2D eigenvalue weighted by Gasteiger charge is -2.22. The van der Waals surface area contributed by atoms with Gasteiger partial charge < -0.3 is 15.1 Å². The van der Waals surface area contributed by atoms with E-state index >= 15 is 0 Å². The maximum atomic E-state index is 12.3. The zero-order valence-corrected chi connectivity index (χ0v) is 15.9. The molecule has 1 aliphatic heterocycles. The van der Waals surface area contributed by atoms with Gasteiger partial charge in [-0.2, -0.15) is 0 Å². The molecule has 26 heavy (non-hydrogen) atoms. The Morgan fingerprint density at radius 3 is 2.58 bits per heavy atom. The fourth-order valence-electron chi connectivity index (χ4n) is 3.03. The van der Waals surface area contributed by atoms with Crippen molar-refractivity contribution in [3.05, 3.63) is 35.2 Å². The van der Waals surface area contributed by atoms with E-state index in [1.54, 1.807) is 26.5 Å². The van der Waals surface area contributed by atoms with Crippen LogP contribution in [0.3, 0.4) is 0 Å². The summed E-state index contributed by atoms with van der Waals surface area (Å²) in [6.07, 6.45) is 4.35. The van der Waals surface area contributed by atoms with Gasteiger partial charge in [0, 0.05) is 56.9 Å². The van der Waals surface area contributed by atoms with E-state index < -0.39 is 0 Å². The Labute approximate surface area is 153 Å². The van der Waals surface area contributed by atoms with Gasteiger partial charge in [0.1, 0.15) is 11.6 Å². The Hall–Kier alpha value is -2.77. The number of aryl methyl sites for hydroxylation is 2. The molecular weight excluding hydrogens is 330 g/mol. The van der Waals surface area contributed by atoms with Crippen molar-refractivity contribution in [2.24, 2.45) is 0 Å². The molecule has 1 N–H and O–H groups in total. The van der Waals surface area contributed by atoms with Crippen molar-refractivity contribution in [2.75, 3.05) is 37.4 Å². The van der Waals surface area contributed by atoms with Crippen LogP contribution < -0.4 is 10.2 Å². The Morgan fingerprint density at radius 2 is 1.88 bits per heavy atom. The summed E-state index contributed by atoms with van der Waals surface area (Å²) in [5.74, 6) is 1.72. The summed E-state index contributed by atoms with van der Waals surface area (Å²) in [6, 6.07) is 0.257. The van der Waals surface area contributed by atoms with Crippen LogP contribution in [0, 0.1) is 20.8 Å². The van der Waals surface area contributed by atoms with Gasteiger partial charge in [-0.25, -0.2) is 15.0 Å². The summed E-state index contributed by atoms with van der Waals surface area (Å²) in [5.41, 5.74) is 2.73. The van der Waals surface area contributed by atoms with Crippen molar-refractivity contribution >= 4 is 17.5 Å². The maximum Gasteiger partial charge on any atom is 0.291 e. The van der Waals surface area contributed by atoms with Crippen LogP contribution in [0.15, 0.2) is 12.4 Å². The van der Waals surface area contributed by atoms with Gasteiger partial charge in [0.05, 0.1) is 5.69 Å². The summed E-state index contributed by atoms with van der Waals surface area (Å²) >= 11 is 0. The van der Waals surface area contributed by atoms with Crippen LogP contribution >= 0.6 is 0 Å². The van der Waals surface area contributed by atoms with Crippen molar-refractivity contribution in [3.8, 4) is 0 Å². The topological polar surface area (TPSA) is 87.1 Å². The molecule has 0 aliphatic carbocycles. The molecule has 0 bridgehead atoms. The first-order valence-corrected chi connectivity index (χ1v) is 8.72. The molecular formula is C18H25N7O. The van der Waals surface area contributed by atoms with Crippen LogP contribution in [-0.4, -0.2) is 64.0 Å². The minimum Gasteiger partial charge on any atom is -0.364 e. The van der Waals surface area contributed by atoms with Crippen molar-refractivity contribution < 1.29 is 4.79 Å². The first-order valence-electron chi connectivity index (χ1n) is 8.72. The monoisotopic (exact) mass is 355 g/mol. The minimum absolute atomic E-state index is 0.182. The Balaban J connectivity index is 1.80. The van der Waals surface area contributed by atoms with E-state index in [4.69, 9.17) is 0 Å². The van der Waals surface area contributed by atoms with Crippen LogP contribution in [-0.2, 0) is 0 Å². The van der Waals surface area contributed by atoms with E-state index in [9.17, 15) is 4.79 Å². The van der Waals surface area contributed by atoms with E-state index in [1.165, 1.54) is 4.90 Å². The molecule has 1 saturated heterocycles. The Bertz CT molecular complexity index is 821. The van der Waals surface area contributed by atoms with Gasteiger partial charge in [0.2, 0.25) is 5.82 Å². The zero-order chi connectivity index (χ0) is 18.8. The first-order chi connectivity index (χ1) is 12.4. The third-order valence-electron chi connectivity index (χ3n) is 4.67. The third-order valence-corrected chi connectivity index (χ3v) is 4.67. The number of hydrogen-bond donors (Lipinski definition) is 1. The van der Waals surface area contributed by atoms with E-state index in [0.717, 1.165) is 48.1 Å². The number of nitrogens with zero attached hydrogens (tertiary/aromatic N) is 6. The van der Waals surface area contributed by atoms with Crippen molar-refractivity contribution in [1.82, 2.24) is 24.8 Å². The molecule has 2 aromatic rings. The van der Waals surface area contributed by atoms with Gasteiger partial charge in [0.25, 0.3) is 5.91 Å². The van der Waals surface area contributed by atoms with E-state index in [-0.39, 0.29) is 17.8 Å². The number of aromatic nitrogens is 4. The fourth-order valence-corrected chi connectivity index (χ4v) is 3.03. The highest BCUT2D eigenvalue weighted by Gasteiger charge is 2.27. The lowest BCUT2D eigenvalue weighted by atomic mass is 10.2. The molecule has 1 aliphatic rings. The normalized spacial score (nSPS) is 16.7. The predicted molar refractivity (Wildman–Crippen MR) is 101 cm³/mol. The van der Waals surface area contributed by atoms with Gasteiger partial charge >= 0.3 is 0 Å². The average Bonchev–Trinajstić information content (AvgIpc) is 3.06. The molecule has 138 valence electrons. The van der Waals surface area contributed by atoms with Crippen molar-refractivity contribution in [2.45, 2.75) is 33.2 Å². The van der Waals surface area contributed by atoms with Gasteiger partial charge in [-0.1, -0.05) is 0 Å². The number of rotatable bonds is 4. The maximum absolute atomic E-state index is 12.3. The molecule has 3 heterocycles.